The lowest BCUT2D eigenvalue weighted by Crippen LogP contribution is -2.49. The van der Waals surface area contributed by atoms with Gasteiger partial charge in [-0.25, -0.2) is 0 Å². The molecule has 1 aliphatic rings. The van der Waals surface area contributed by atoms with Gasteiger partial charge < -0.3 is 9.73 Å². The second-order valence-electron chi connectivity index (χ2n) is 7.30. The van der Waals surface area contributed by atoms with Crippen LogP contribution in [0.3, 0.4) is 0 Å². The maximum absolute atomic E-state index is 12.3. The Morgan fingerprint density at radius 1 is 1.00 bits per heavy atom. The molecule has 3 rings (SSSR count). The van der Waals surface area contributed by atoms with E-state index < -0.39 is 0 Å². The van der Waals surface area contributed by atoms with E-state index >= 15 is 0 Å². The molecule has 1 N–H and O–H groups in total. The second kappa shape index (κ2) is 10.2. The molecule has 0 bridgehead atoms. The topological polar surface area (TPSA) is 65.8 Å². The molecule has 6 nitrogen and oxygen atoms in total. The van der Waals surface area contributed by atoms with Crippen LogP contribution in [0.5, 0.6) is 0 Å². The third-order valence-corrected chi connectivity index (χ3v) is 5.05. The van der Waals surface area contributed by atoms with Gasteiger partial charge >= 0.3 is 0 Å². The highest BCUT2D eigenvalue weighted by molar-refractivity contribution is 5.95. The van der Waals surface area contributed by atoms with Crippen molar-refractivity contribution in [2.75, 3.05) is 44.6 Å². The van der Waals surface area contributed by atoms with Crippen LogP contribution in [0.1, 0.15) is 35.9 Å². The monoisotopic (exact) mass is 383 g/mol. The Hall–Kier alpha value is -2.44. The van der Waals surface area contributed by atoms with Crippen molar-refractivity contribution >= 4 is 17.4 Å². The van der Waals surface area contributed by atoms with E-state index in [0.29, 0.717) is 18.8 Å². The van der Waals surface area contributed by atoms with Gasteiger partial charge in [-0.1, -0.05) is 25.5 Å². The Bertz CT molecular complexity index is 748. The number of nitrogens with one attached hydrogen (secondary N) is 1. The average Bonchev–Trinajstić information content (AvgIpc) is 3.24. The quantitative estimate of drug-likeness (QED) is 0.674. The van der Waals surface area contributed by atoms with Crippen molar-refractivity contribution in [2.45, 2.75) is 26.2 Å². The predicted octanol–water partition coefficient (Wildman–Crippen LogP) is 3.06. The number of piperazine rings is 1. The van der Waals surface area contributed by atoms with E-state index in [1.165, 1.54) is 24.7 Å². The van der Waals surface area contributed by atoms with Crippen LogP contribution >= 0.6 is 0 Å². The molecule has 0 aliphatic carbocycles. The number of furan rings is 1. The van der Waals surface area contributed by atoms with Crippen molar-refractivity contribution in [1.82, 2.24) is 9.80 Å². The molecule has 0 atom stereocenters. The Kier molecular flexibility index (Phi) is 7.39. The van der Waals surface area contributed by atoms with Gasteiger partial charge in [-0.15, -0.1) is 0 Å². The Morgan fingerprint density at radius 3 is 2.29 bits per heavy atom. The fourth-order valence-electron chi connectivity index (χ4n) is 3.36. The largest absolute Gasteiger partial charge is 0.461 e. The Morgan fingerprint density at radius 2 is 1.68 bits per heavy atom. The zero-order valence-electron chi connectivity index (χ0n) is 16.5. The number of benzene rings is 1. The van der Waals surface area contributed by atoms with Gasteiger partial charge in [0.1, 0.15) is 0 Å². The van der Waals surface area contributed by atoms with Crippen molar-refractivity contribution in [3.8, 4) is 0 Å². The summed E-state index contributed by atoms with van der Waals surface area (Å²) >= 11 is 0. The van der Waals surface area contributed by atoms with Gasteiger partial charge in [0.05, 0.1) is 19.4 Å². The van der Waals surface area contributed by atoms with Crippen molar-refractivity contribution in [1.29, 1.82) is 0 Å². The van der Waals surface area contributed by atoms with Crippen LogP contribution in [0.15, 0.2) is 47.1 Å². The highest BCUT2D eigenvalue weighted by Gasteiger charge is 2.21. The molecule has 6 heteroatoms. The third-order valence-electron chi connectivity index (χ3n) is 5.05. The molecule has 1 fully saturated rings. The van der Waals surface area contributed by atoms with Crippen LogP contribution in [-0.2, 0) is 11.2 Å². The minimum Gasteiger partial charge on any atom is -0.461 e. The first-order valence-electron chi connectivity index (χ1n) is 10.0. The van der Waals surface area contributed by atoms with E-state index in [1.54, 1.807) is 12.1 Å². The first-order chi connectivity index (χ1) is 13.6. The van der Waals surface area contributed by atoms with Gasteiger partial charge in [0.25, 0.3) is 0 Å². The number of hydrogen-bond donors (Lipinski definition) is 1. The molecule has 0 saturated carbocycles. The fourth-order valence-corrected chi connectivity index (χ4v) is 3.36. The van der Waals surface area contributed by atoms with Gasteiger partial charge in [0, 0.05) is 31.9 Å². The third kappa shape index (κ3) is 6.04. The number of nitrogens with zero attached hydrogens (tertiary/aromatic N) is 2. The lowest BCUT2D eigenvalue weighted by Gasteiger charge is -2.33. The van der Waals surface area contributed by atoms with Gasteiger partial charge in [0.2, 0.25) is 11.7 Å². The molecule has 2 aromatic rings. The predicted molar refractivity (Wildman–Crippen MR) is 110 cm³/mol. The van der Waals surface area contributed by atoms with Crippen LogP contribution in [0.2, 0.25) is 0 Å². The summed E-state index contributed by atoms with van der Waals surface area (Å²) in [4.78, 5) is 28.7. The summed E-state index contributed by atoms with van der Waals surface area (Å²) in [5.74, 6) is 0.405. The number of amides is 1. The van der Waals surface area contributed by atoms with Crippen LogP contribution in [0.4, 0.5) is 5.69 Å². The molecule has 1 aliphatic heterocycles. The number of anilines is 1. The zero-order chi connectivity index (χ0) is 19.8. The summed E-state index contributed by atoms with van der Waals surface area (Å²) in [7, 11) is 0. The van der Waals surface area contributed by atoms with E-state index in [-0.39, 0.29) is 11.7 Å². The molecule has 0 unspecified atom stereocenters. The van der Waals surface area contributed by atoms with Crippen LogP contribution in [0.25, 0.3) is 0 Å². The van der Waals surface area contributed by atoms with Crippen LogP contribution in [-0.4, -0.2) is 60.8 Å². The number of ketones is 1. The number of aryl methyl sites for hydroxylation is 1. The number of hydrogen-bond acceptors (Lipinski definition) is 5. The molecule has 1 saturated heterocycles. The lowest BCUT2D eigenvalue weighted by atomic mass is 10.1. The molecule has 150 valence electrons. The SMILES string of the molecule is CCCCc1ccc(NC(=O)CN2CCN(CC(=O)c3ccco3)CC2)cc1. The van der Waals surface area contributed by atoms with E-state index in [0.717, 1.165) is 38.3 Å². The summed E-state index contributed by atoms with van der Waals surface area (Å²) in [6.45, 7) is 6.00. The van der Waals surface area contributed by atoms with Gasteiger partial charge in [-0.05, 0) is 42.7 Å². The smallest absolute Gasteiger partial charge is 0.238 e. The summed E-state index contributed by atoms with van der Waals surface area (Å²) in [6.07, 6.45) is 4.97. The maximum Gasteiger partial charge on any atom is 0.238 e. The standard InChI is InChI=1S/C22H29N3O3/c1-2-3-5-18-7-9-19(10-8-18)23-22(27)17-25-13-11-24(12-14-25)16-20(26)21-6-4-15-28-21/h4,6-10,15H,2-3,5,11-14,16-17H2,1H3,(H,23,27). The van der Waals surface area contributed by atoms with Crippen molar-refractivity contribution in [2.24, 2.45) is 0 Å². The molecule has 2 heterocycles. The Balaban J connectivity index is 1.38. The number of carbonyl (C=O) groups excluding carboxylic acids is 2. The summed E-state index contributed by atoms with van der Waals surface area (Å²) in [5, 5.41) is 2.97. The van der Waals surface area contributed by atoms with Gasteiger partial charge in [-0.3, -0.25) is 19.4 Å². The first-order valence-corrected chi connectivity index (χ1v) is 10.0. The molecular formula is C22H29N3O3. The summed E-state index contributed by atoms with van der Waals surface area (Å²) in [6, 6.07) is 11.5. The summed E-state index contributed by atoms with van der Waals surface area (Å²) < 4.78 is 5.15. The highest BCUT2D eigenvalue weighted by atomic mass is 16.3. The first kappa shape index (κ1) is 20.3. The summed E-state index contributed by atoms with van der Waals surface area (Å²) in [5.41, 5.74) is 2.15. The zero-order valence-corrected chi connectivity index (χ0v) is 16.5. The van der Waals surface area contributed by atoms with Gasteiger partial charge in [0.15, 0.2) is 5.76 Å². The minimum atomic E-state index is -0.00132. The number of Topliss-reactive ketones (excluding diaryl/α,β-unsaturated/α-hetero) is 1. The molecule has 0 radical (unpaired) electrons. The molecule has 0 spiro atoms. The normalized spacial score (nSPS) is 15.5. The van der Waals surface area contributed by atoms with Crippen LogP contribution < -0.4 is 5.32 Å². The number of carbonyl (C=O) groups is 2. The van der Waals surface area contributed by atoms with Crippen molar-refractivity contribution in [3.05, 3.63) is 54.0 Å². The van der Waals surface area contributed by atoms with E-state index in [1.807, 2.05) is 12.1 Å². The van der Waals surface area contributed by atoms with Crippen molar-refractivity contribution in [3.63, 3.8) is 0 Å². The van der Waals surface area contributed by atoms with Crippen molar-refractivity contribution < 1.29 is 14.0 Å². The second-order valence-corrected chi connectivity index (χ2v) is 7.30. The fraction of sp³-hybridized carbons (Fsp3) is 0.455. The Labute approximate surface area is 166 Å². The van der Waals surface area contributed by atoms with E-state index in [9.17, 15) is 9.59 Å². The van der Waals surface area contributed by atoms with E-state index in [4.69, 9.17) is 4.42 Å². The maximum atomic E-state index is 12.3. The number of rotatable bonds is 9. The molecule has 28 heavy (non-hydrogen) atoms. The highest BCUT2D eigenvalue weighted by Crippen LogP contribution is 2.12. The molecule has 1 aromatic carbocycles. The molecule has 1 amide bonds. The number of unbranched alkanes of at least 4 members (excludes halogenated alkanes) is 1. The average molecular weight is 383 g/mol. The van der Waals surface area contributed by atoms with Crippen LogP contribution in [0, 0.1) is 0 Å². The molecule has 1 aromatic heterocycles. The lowest BCUT2D eigenvalue weighted by molar-refractivity contribution is -0.117. The van der Waals surface area contributed by atoms with E-state index in [2.05, 4.69) is 34.2 Å². The molecular weight excluding hydrogens is 354 g/mol. The minimum absolute atomic E-state index is 0.00131. The van der Waals surface area contributed by atoms with Gasteiger partial charge in [-0.2, -0.15) is 0 Å².